The maximum atomic E-state index is 12.7. The monoisotopic (exact) mass is 423 g/mol. The summed E-state index contributed by atoms with van der Waals surface area (Å²) in [4.78, 5) is 17.9. The highest BCUT2D eigenvalue weighted by molar-refractivity contribution is 6.30. The van der Waals surface area contributed by atoms with Crippen molar-refractivity contribution >= 4 is 23.8 Å². The van der Waals surface area contributed by atoms with Gasteiger partial charge in [-0.1, -0.05) is 35.9 Å². The van der Waals surface area contributed by atoms with Crippen molar-refractivity contribution in [2.75, 3.05) is 33.2 Å². The van der Waals surface area contributed by atoms with Gasteiger partial charge in [0.2, 0.25) is 0 Å². The maximum absolute atomic E-state index is 12.7. The molecule has 3 aliphatic heterocycles. The van der Waals surface area contributed by atoms with E-state index in [0.717, 1.165) is 30.2 Å². The highest BCUT2D eigenvalue weighted by Gasteiger charge is 2.38. The molecular formula is C25H30ClN3O. The summed E-state index contributed by atoms with van der Waals surface area (Å²) < 4.78 is 2.06. The molecule has 2 atom stereocenters. The van der Waals surface area contributed by atoms with E-state index in [4.69, 9.17) is 11.6 Å². The Hall–Kier alpha value is -1.88. The minimum atomic E-state index is 0.149. The lowest BCUT2D eigenvalue weighted by molar-refractivity contribution is 0.0516. The molecule has 0 N–H and O–H groups in total. The predicted molar refractivity (Wildman–Crippen MR) is 124 cm³/mol. The van der Waals surface area contributed by atoms with Gasteiger partial charge in [0.25, 0.3) is 5.56 Å². The molecule has 3 aliphatic rings. The molecule has 0 spiro atoms. The molecule has 0 saturated carbocycles. The normalized spacial score (nSPS) is 25.5. The molecule has 5 heteroatoms. The van der Waals surface area contributed by atoms with E-state index in [9.17, 15) is 4.79 Å². The van der Waals surface area contributed by atoms with Crippen molar-refractivity contribution in [3.05, 3.63) is 68.6 Å². The van der Waals surface area contributed by atoms with Crippen molar-refractivity contribution in [2.45, 2.75) is 37.8 Å². The topological polar surface area (TPSA) is 28.5 Å². The van der Waals surface area contributed by atoms with E-state index < -0.39 is 0 Å². The number of pyridine rings is 1. The maximum Gasteiger partial charge on any atom is 0.250 e. The van der Waals surface area contributed by atoms with Crippen LogP contribution in [0, 0.1) is 5.92 Å². The van der Waals surface area contributed by atoms with Crippen LogP contribution in [-0.2, 0) is 6.54 Å². The van der Waals surface area contributed by atoms with E-state index in [-0.39, 0.29) is 5.56 Å². The number of nitrogens with zero attached hydrogens (tertiary/aromatic N) is 3. The molecule has 2 saturated heterocycles. The molecule has 2 aromatic rings. The van der Waals surface area contributed by atoms with Crippen molar-refractivity contribution in [2.24, 2.45) is 5.92 Å². The third-order valence-electron chi connectivity index (χ3n) is 7.18. The summed E-state index contributed by atoms with van der Waals surface area (Å²) in [5.74, 6) is 1.03. The minimum absolute atomic E-state index is 0.149. The largest absolute Gasteiger partial charge is 0.311 e. The number of benzene rings is 1. The molecule has 1 aromatic carbocycles. The average Bonchev–Trinajstić information content (AvgIpc) is 2.75. The van der Waals surface area contributed by atoms with Crippen LogP contribution in [0.2, 0.25) is 5.02 Å². The van der Waals surface area contributed by atoms with Gasteiger partial charge >= 0.3 is 0 Å². The molecule has 2 fully saturated rings. The van der Waals surface area contributed by atoms with Crippen LogP contribution in [0.1, 0.15) is 42.0 Å². The predicted octanol–water partition coefficient (Wildman–Crippen LogP) is 4.19. The van der Waals surface area contributed by atoms with Gasteiger partial charge < -0.3 is 9.47 Å². The van der Waals surface area contributed by atoms with Gasteiger partial charge in [-0.25, -0.2) is 0 Å². The Balaban J connectivity index is 1.43. The van der Waals surface area contributed by atoms with E-state index in [1.807, 2.05) is 30.3 Å². The highest BCUT2D eigenvalue weighted by atomic mass is 35.5. The Morgan fingerprint density at radius 2 is 1.73 bits per heavy atom. The molecular weight excluding hydrogens is 394 g/mol. The van der Waals surface area contributed by atoms with Crippen LogP contribution in [0.5, 0.6) is 0 Å². The molecule has 0 amide bonds. The van der Waals surface area contributed by atoms with Gasteiger partial charge in [0.05, 0.1) is 0 Å². The lowest BCUT2D eigenvalue weighted by Crippen LogP contribution is -2.53. The Kier molecular flexibility index (Phi) is 5.57. The zero-order chi connectivity index (χ0) is 20.7. The summed E-state index contributed by atoms with van der Waals surface area (Å²) in [6.07, 6.45) is 8.03. The van der Waals surface area contributed by atoms with Gasteiger partial charge in [-0.15, -0.1) is 0 Å². The summed E-state index contributed by atoms with van der Waals surface area (Å²) in [5.41, 5.74) is 3.69. The summed E-state index contributed by atoms with van der Waals surface area (Å²) in [6.45, 7) is 5.47. The van der Waals surface area contributed by atoms with E-state index in [1.54, 1.807) is 6.07 Å². The molecule has 4 heterocycles. The second-order valence-electron chi connectivity index (χ2n) is 9.29. The lowest BCUT2D eigenvalue weighted by atomic mass is 9.80. The number of hydrogen-bond acceptors (Lipinski definition) is 3. The second-order valence-corrected chi connectivity index (χ2v) is 9.73. The molecule has 4 nitrogen and oxygen atoms in total. The fourth-order valence-corrected chi connectivity index (χ4v) is 5.77. The van der Waals surface area contributed by atoms with Crippen molar-refractivity contribution in [3.63, 3.8) is 0 Å². The third kappa shape index (κ3) is 4.01. The molecule has 0 aliphatic carbocycles. The number of piperidine rings is 2. The Morgan fingerprint density at radius 1 is 0.967 bits per heavy atom. The van der Waals surface area contributed by atoms with Crippen LogP contribution in [0.15, 0.2) is 41.2 Å². The van der Waals surface area contributed by atoms with Crippen LogP contribution in [0.4, 0.5) is 0 Å². The van der Waals surface area contributed by atoms with Crippen LogP contribution < -0.4 is 5.56 Å². The number of rotatable bonds is 3. The number of fused-ring (bicyclic) bond motifs is 4. The molecule has 30 heavy (non-hydrogen) atoms. The zero-order valence-corrected chi connectivity index (χ0v) is 18.4. The quantitative estimate of drug-likeness (QED) is 0.741. The van der Waals surface area contributed by atoms with E-state index in [2.05, 4.69) is 33.6 Å². The zero-order valence-electron chi connectivity index (χ0n) is 17.6. The highest BCUT2D eigenvalue weighted by Crippen LogP contribution is 2.38. The number of likely N-dealkylation sites (tertiary alicyclic amines) is 2. The van der Waals surface area contributed by atoms with Crippen molar-refractivity contribution in [1.29, 1.82) is 0 Å². The van der Waals surface area contributed by atoms with Gasteiger partial charge in [-0.2, -0.15) is 0 Å². The number of hydrogen-bond donors (Lipinski definition) is 0. The first-order chi connectivity index (χ1) is 14.6. The molecule has 1 aromatic heterocycles. The van der Waals surface area contributed by atoms with Crippen LogP contribution in [0.25, 0.3) is 12.2 Å². The first-order valence-corrected chi connectivity index (χ1v) is 11.5. The third-order valence-corrected chi connectivity index (χ3v) is 7.43. The summed E-state index contributed by atoms with van der Waals surface area (Å²) in [5, 5.41) is 0.748. The fraction of sp³-hybridized carbons (Fsp3) is 0.480. The number of aromatic nitrogens is 1. The second kappa shape index (κ2) is 8.33. The van der Waals surface area contributed by atoms with Crippen LogP contribution in [0.3, 0.4) is 0 Å². The van der Waals surface area contributed by atoms with Gasteiger partial charge in [-0.3, -0.25) is 9.69 Å². The first-order valence-electron chi connectivity index (χ1n) is 11.2. The smallest absolute Gasteiger partial charge is 0.250 e. The average molecular weight is 424 g/mol. The van der Waals surface area contributed by atoms with Gasteiger partial charge in [-0.05, 0) is 74.6 Å². The molecule has 0 radical (unpaired) electrons. The van der Waals surface area contributed by atoms with Crippen molar-refractivity contribution < 1.29 is 0 Å². The Labute approximate surface area is 183 Å². The first kappa shape index (κ1) is 20.0. The van der Waals surface area contributed by atoms with Crippen LogP contribution >= 0.6 is 11.6 Å². The Bertz CT molecular complexity index is 988. The van der Waals surface area contributed by atoms with E-state index in [1.165, 1.54) is 43.6 Å². The molecule has 5 rings (SSSR count). The molecule has 158 valence electrons. The fourth-order valence-electron chi connectivity index (χ4n) is 5.64. The minimum Gasteiger partial charge on any atom is -0.311 e. The molecule has 2 bridgehead atoms. The van der Waals surface area contributed by atoms with Gasteiger partial charge in [0.1, 0.15) is 0 Å². The lowest BCUT2D eigenvalue weighted by Gasteiger charge is -2.47. The van der Waals surface area contributed by atoms with Gasteiger partial charge in [0.15, 0.2) is 0 Å². The van der Waals surface area contributed by atoms with Crippen molar-refractivity contribution in [3.8, 4) is 0 Å². The van der Waals surface area contributed by atoms with E-state index in [0.29, 0.717) is 17.9 Å². The SMILES string of the molecule is CN1CCC(N2C[C@@H]3C[C@H](C2)c2c(/C=C/c4ccc(Cl)cc4)ccc(=O)n2C3)CC1. The molecule has 0 unspecified atom stereocenters. The van der Waals surface area contributed by atoms with Crippen LogP contribution in [-0.4, -0.2) is 53.6 Å². The Morgan fingerprint density at radius 3 is 2.50 bits per heavy atom. The van der Waals surface area contributed by atoms with Gasteiger partial charge in [0, 0.05) is 48.4 Å². The standard InChI is InChI=1S/C25H30ClN3O/c1-27-12-10-23(11-13-27)28-15-19-14-21(17-28)25-20(6-9-24(30)29(25)16-19)5-2-18-3-7-22(26)8-4-18/h2-9,19,21,23H,10-17H2,1H3/b5-2+/t19-,21+/m0/s1. The summed E-state index contributed by atoms with van der Waals surface area (Å²) in [6, 6.07) is 12.3. The van der Waals surface area contributed by atoms with E-state index >= 15 is 0 Å². The summed E-state index contributed by atoms with van der Waals surface area (Å²) in [7, 11) is 2.23. The number of halogens is 1. The van der Waals surface area contributed by atoms with Crippen molar-refractivity contribution in [1.82, 2.24) is 14.4 Å². The summed E-state index contributed by atoms with van der Waals surface area (Å²) >= 11 is 6.02.